The van der Waals surface area contributed by atoms with Crippen LogP contribution in [-0.2, 0) is 10.0 Å². The van der Waals surface area contributed by atoms with Gasteiger partial charge in [-0.2, -0.15) is 0 Å². The molecule has 0 unspecified atom stereocenters. The van der Waals surface area contributed by atoms with Crippen LogP contribution in [0.3, 0.4) is 0 Å². The van der Waals surface area contributed by atoms with E-state index in [1.165, 1.54) is 13.1 Å². The Balaban J connectivity index is 3.02. The normalized spacial score (nSPS) is 10.9. The average molecular weight is 285 g/mol. The number of aliphatic hydroxyl groups excluding tert-OH is 1. The van der Waals surface area contributed by atoms with E-state index in [1.54, 1.807) is 0 Å². The van der Waals surface area contributed by atoms with Crippen molar-refractivity contribution in [3.8, 4) is 11.8 Å². The Morgan fingerprint density at radius 1 is 1.37 bits per heavy atom. The van der Waals surface area contributed by atoms with Crippen LogP contribution in [0.4, 0.5) is 4.39 Å². The number of aliphatic hydroxyl groups is 1. The van der Waals surface area contributed by atoms with Gasteiger partial charge in [0.2, 0.25) is 10.0 Å². The maximum Gasteiger partial charge on any atom is 0.241 e. The molecule has 0 aliphatic carbocycles. The van der Waals surface area contributed by atoms with E-state index in [0.717, 1.165) is 12.1 Å². The summed E-state index contributed by atoms with van der Waals surface area (Å²) >= 11 is 0. The molecule has 4 nitrogen and oxygen atoms in total. The fourth-order valence-electron chi connectivity index (χ4n) is 1.43. The maximum absolute atomic E-state index is 13.2. The summed E-state index contributed by atoms with van der Waals surface area (Å²) < 4.78 is 38.8. The first kappa shape index (κ1) is 15.6. The molecule has 6 heteroatoms. The Bertz CT molecular complexity index is 588. The second-order valence-electron chi connectivity index (χ2n) is 3.83. The summed E-state index contributed by atoms with van der Waals surface area (Å²) in [6.45, 7) is 0.0982. The van der Waals surface area contributed by atoms with Gasteiger partial charge in [0.05, 0.1) is 4.90 Å². The molecule has 0 aromatic heterocycles. The van der Waals surface area contributed by atoms with Gasteiger partial charge in [-0.1, -0.05) is 11.8 Å². The highest BCUT2D eigenvalue weighted by Gasteiger charge is 2.15. The number of hydrogen-bond donors (Lipinski definition) is 2. The number of halogens is 1. The summed E-state index contributed by atoms with van der Waals surface area (Å²) in [5.74, 6) is 4.91. The lowest BCUT2D eigenvalue weighted by atomic mass is 10.2. The number of benzene rings is 1. The molecule has 0 bridgehead atoms. The van der Waals surface area contributed by atoms with E-state index in [4.69, 9.17) is 5.11 Å². The van der Waals surface area contributed by atoms with E-state index in [9.17, 15) is 12.8 Å². The van der Waals surface area contributed by atoms with Gasteiger partial charge in [0.15, 0.2) is 0 Å². The van der Waals surface area contributed by atoms with Crippen molar-refractivity contribution < 1.29 is 17.9 Å². The van der Waals surface area contributed by atoms with Crippen LogP contribution in [0.15, 0.2) is 23.1 Å². The molecular weight excluding hydrogens is 269 g/mol. The lowest BCUT2D eigenvalue weighted by Gasteiger charge is -2.05. The average Bonchev–Trinajstić information content (AvgIpc) is 2.38. The molecule has 1 rings (SSSR count). The Hall–Kier alpha value is -1.42. The van der Waals surface area contributed by atoms with Crippen LogP contribution in [0.2, 0.25) is 0 Å². The molecular formula is C13H16FNO3S. The summed E-state index contributed by atoms with van der Waals surface area (Å²) in [5, 5.41) is 8.62. The first-order valence-electron chi connectivity index (χ1n) is 5.84. The lowest BCUT2D eigenvalue weighted by molar-refractivity contribution is 0.285. The molecule has 0 radical (unpaired) electrons. The minimum absolute atomic E-state index is 0.0361. The van der Waals surface area contributed by atoms with Gasteiger partial charge in [0, 0.05) is 18.6 Å². The smallest absolute Gasteiger partial charge is 0.241 e. The third-order valence-corrected chi connectivity index (χ3v) is 3.91. The van der Waals surface area contributed by atoms with Gasteiger partial charge in [0.25, 0.3) is 0 Å². The largest absolute Gasteiger partial charge is 0.396 e. The number of sulfonamides is 1. The number of nitrogens with one attached hydrogen (secondary N) is 1. The predicted octanol–water partition coefficient (Wildman–Crippen LogP) is 1.25. The van der Waals surface area contributed by atoms with Gasteiger partial charge in [-0.05, 0) is 38.1 Å². The van der Waals surface area contributed by atoms with Crippen molar-refractivity contribution in [2.24, 2.45) is 0 Å². The summed E-state index contributed by atoms with van der Waals surface area (Å²) in [6.07, 6.45) is 1.88. The van der Waals surface area contributed by atoms with Crippen molar-refractivity contribution in [1.82, 2.24) is 4.72 Å². The monoisotopic (exact) mass is 285 g/mol. The fraction of sp³-hybridized carbons (Fsp3) is 0.385. The van der Waals surface area contributed by atoms with Crippen LogP contribution in [0.5, 0.6) is 0 Å². The Kier molecular flexibility index (Phi) is 5.96. The number of unbranched alkanes of at least 4 members (excludes halogenated alkanes) is 2. The Morgan fingerprint density at radius 3 is 2.74 bits per heavy atom. The van der Waals surface area contributed by atoms with Crippen molar-refractivity contribution in [3.63, 3.8) is 0 Å². The lowest BCUT2D eigenvalue weighted by Crippen LogP contribution is -2.19. The highest BCUT2D eigenvalue weighted by Crippen LogP contribution is 2.16. The molecule has 0 fully saturated rings. The van der Waals surface area contributed by atoms with E-state index < -0.39 is 15.8 Å². The minimum Gasteiger partial charge on any atom is -0.396 e. The van der Waals surface area contributed by atoms with Crippen LogP contribution in [0.1, 0.15) is 24.8 Å². The molecule has 0 saturated heterocycles. The number of hydrogen-bond acceptors (Lipinski definition) is 3. The Morgan fingerprint density at radius 2 is 2.11 bits per heavy atom. The van der Waals surface area contributed by atoms with Crippen molar-refractivity contribution in [1.29, 1.82) is 0 Å². The van der Waals surface area contributed by atoms with Crippen LogP contribution in [0, 0.1) is 17.7 Å². The van der Waals surface area contributed by atoms with Gasteiger partial charge >= 0.3 is 0 Å². The van der Waals surface area contributed by atoms with E-state index in [-0.39, 0.29) is 17.1 Å². The van der Waals surface area contributed by atoms with Crippen molar-refractivity contribution >= 4 is 10.0 Å². The summed E-state index contributed by atoms with van der Waals surface area (Å²) in [4.78, 5) is -0.0361. The van der Waals surface area contributed by atoms with Crippen molar-refractivity contribution in [3.05, 3.63) is 29.6 Å². The molecule has 0 aliphatic heterocycles. The van der Waals surface area contributed by atoms with Crippen molar-refractivity contribution in [2.75, 3.05) is 13.7 Å². The molecule has 0 amide bonds. The first-order valence-corrected chi connectivity index (χ1v) is 7.32. The van der Waals surface area contributed by atoms with Gasteiger partial charge in [-0.15, -0.1) is 0 Å². The molecule has 104 valence electrons. The molecule has 0 spiro atoms. The molecule has 0 saturated carbocycles. The first-order chi connectivity index (χ1) is 9.01. The third-order valence-electron chi connectivity index (χ3n) is 2.43. The molecule has 2 N–H and O–H groups in total. The third kappa shape index (κ3) is 4.63. The van der Waals surface area contributed by atoms with Gasteiger partial charge in [-0.25, -0.2) is 17.5 Å². The highest BCUT2D eigenvalue weighted by atomic mass is 32.2. The SMILES string of the molecule is CNS(=O)(=O)c1ccc(F)cc1C#CCCCCO. The molecule has 19 heavy (non-hydrogen) atoms. The predicted molar refractivity (Wildman–Crippen MR) is 70.5 cm³/mol. The molecule has 1 aromatic rings. The van der Waals surface area contributed by atoms with E-state index in [0.29, 0.717) is 19.3 Å². The zero-order valence-corrected chi connectivity index (χ0v) is 11.4. The second-order valence-corrected chi connectivity index (χ2v) is 5.69. The van der Waals surface area contributed by atoms with Crippen molar-refractivity contribution in [2.45, 2.75) is 24.2 Å². The fourth-order valence-corrected chi connectivity index (χ4v) is 2.29. The molecule has 0 atom stereocenters. The van der Waals surface area contributed by atoms with E-state index in [2.05, 4.69) is 16.6 Å². The van der Waals surface area contributed by atoms with E-state index >= 15 is 0 Å². The zero-order valence-electron chi connectivity index (χ0n) is 10.6. The van der Waals surface area contributed by atoms with Crippen LogP contribution < -0.4 is 4.72 Å². The zero-order chi connectivity index (χ0) is 14.3. The topological polar surface area (TPSA) is 66.4 Å². The molecule has 1 aromatic carbocycles. The minimum atomic E-state index is -3.65. The Labute approximate surface area is 112 Å². The molecule has 0 heterocycles. The highest BCUT2D eigenvalue weighted by molar-refractivity contribution is 7.89. The maximum atomic E-state index is 13.2. The standard InChI is InChI=1S/C13H16FNO3S/c1-15-19(17,18)13-8-7-12(14)10-11(13)6-4-2-3-5-9-16/h7-8,10,15-16H,2-3,5,9H2,1H3. The van der Waals surface area contributed by atoms with Gasteiger partial charge < -0.3 is 5.11 Å². The summed E-state index contributed by atoms with van der Waals surface area (Å²) in [6, 6.07) is 3.38. The van der Waals surface area contributed by atoms with Crippen LogP contribution in [0.25, 0.3) is 0 Å². The second kappa shape index (κ2) is 7.24. The summed E-state index contributed by atoms with van der Waals surface area (Å²) in [7, 11) is -2.36. The van der Waals surface area contributed by atoms with E-state index in [1.807, 2.05) is 0 Å². The van der Waals surface area contributed by atoms with Gasteiger partial charge in [-0.3, -0.25) is 0 Å². The molecule has 0 aliphatic rings. The van der Waals surface area contributed by atoms with Crippen LogP contribution >= 0.6 is 0 Å². The van der Waals surface area contributed by atoms with Crippen LogP contribution in [-0.4, -0.2) is 27.2 Å². The van der Waals surface area contributed by atoms with Gasteiger partial charge in [0.1, 0.15) is 5.82 Å². The number of rotatable bonds is 5. The summed E-state index contributed by atoms with van der Waals surface area (Å²) in [5.41, 5.74) is 0.137. The quantitative estimate of drug-likeness (QED) is 0.632.